The van der Waals surface area contributed by atoms with E-state index in [1.54, 1.807) is 18.2 Å². The van der Waals surface area contributed by atoms with E-state index in [-0.39, 0.29) is 4.90 Å². The van der Waals surface area contributed by atoms with Gasteiger partial charge in [-0.15, -0.1) is 0 Å². The third kappa shape index (κ3) is 3.36. The second kappa shape index (κ2) is 5.63. The highest BCUT2D eigenvalue weighted by atomic mass is 79.9. The highest BCUT2D eigenvalue weighted by molar-refractivity contribution is 9.10. The maximum absolute atomic E-state index is 10.9. The summed E-state index contributed by atoms with van der Waals surface area (Å²) in [6.07, 6.45) is 0. The molecule has 0 unspecified atom stereocenters. The Kier molecular flexibility index (Phi) is 4.09. The van der Waals surface area contributed by atoms with Gasteiger partial charge in [-0.25, -0.2) is 0 Å². The van der Waals surface area contributed by atoms with Gasteiger partial charge in [0.1, 0.15) is 17.6 Å². The van der Waals surface area contributed by atoms with E-state index in [9.17, 15) is 8.42 Å². The monoisotopic (exact) mass is 353 g/mol. The van der Waals surface area contributed by atoms with Crippen molar-refractivity contribution in [3.8, 4) is 17.6 Å². The molecule has 0 aromatic heterocycles. The van der Waals surface area contributed by atoms with E-state index in [0.29, 0.717) is 17.1 Å². The van der Waals surface area contributed by atoms with Gasteiger partial charge in [-0.3, -0.25) is 4.55 Å². The molecule has 0 bridgehead atoms. The number of nitrogens with zero attached hydrogens (tertiary/aromatic N) is 1. The zero-order valence-electron chi connectivity index (χ0n) is 9.95. The first-order valence-corrected chi connectivity index (χ1v) is 7.58. The topological polar surface area (TPSA) is 87.4 Å². The Bertz CT molecular complexity index is 779. The van der Waals surface area contributed by atoms with Crippen molar-refractivity contribution in [2.45, 2.75) is 4.90 Å². The first-order valence-electron chi connectivity index (χ1n) is 5.35. The minimum Gasteiger partial charge on any atom is -0.456 e. The summed E-state index contributed by atoms with van der Waals surface area (Å²) in [5.74, 6) is 0.702. The summed E-state index contributed by atoms with van der Waals surface area (Å²) in [6, 6.07) is 12.2. The van der Waals surface area contributed by atoms with Crippen LogP contribution in [0.15, 0.2) is 51.8 Å². The summed E-state index contributed by atoms with van der Waals surface area (Å²) in [5, 5.41) is 8.98. The van der Waals surface area contributed by atoms with Gasteiger partial charge in [-0.2, -0.15) is 13.7 Å². The zero-order valence-corrected chi connectivity index (χ0v) is 12.3. The van der Waals surface area contributed by atoms with Crippen LogP contribution in [-0.2, 0) is 10.1 Å². The first kappa shape index (κ1) is 14.5. The van der Waals surface area contributed by atoms with Crippen LogP contribution in [-0.4, -0.2) is 13.0 Å². The molecule has 2 rings (SSSR count). The van der Waals surface area contributed by atoms with Gasteiger partial charge in [-0.1, -0.05) is 15.9 Å². The summed E-state index contributed by atoms with van der Waals surface area (Å²) in [5.41, 5.74) is 0.354. The lowest BCUT2D eigenvalue weighted by Gasteiger charge is -2.08. The average Bonchev–Trinajstić information content (AvgIpc) is 2.38. The molecule has 0 saturated heterocycles. The number of benzene rings is 2. The molecule has 0 fully saturated rings. The Hall–Kier alpha value is -1.88. The molecule has 0 heterocycles. The van der Waals surface area contributed by atoms with E-state index >= 15 is 0 Å². The van der Waals surface area contributed by atoms with Gasteiger partial charge in [0.05, 0.1) is 10.5 Å². The fourth-order valence-corrected chi connectivity index (χ4v) is 2.30. The van der Waals surface area contributed by atoms with Crippen LogP contribution in [0.1, 0.15) is 5.56 Å². The van der Waals surface area contributed by atoms with Gasteiger partial charge < -0.3 is 4.74 Å². The summed E-state index contributed by atoms with van der Waals surface area (Å²) < 4.78 is 37.0. The molecule has 0 atom stereocenters. The zero-order chi connectivity index (χ0) is 14.8. The van der Waals surface area contributed by atoms with E-state index in [0.717, 1.165) is 4.47 Å². The summed E-state index contributed by atoms with van der Waals surface area (Å²) in [4.78, 5) is -0.223. The van der Waals surface area contributed by atoms with E-state index in [4.69, 9.17) is 14.6 Å². The normalized spacial score (nSPS) is 10.8. The minimum absolute atomic E-state index is 0.223. The van der Waals surface area contributed by atoms with E-state index in [1.165, 1.54) is 24.3 Å². The SMILES string of the molecule is N#Cc1ccc(Br)cc1Oc1ccc(S(=O)(=O)O)cc1. The molecule has 5 nitrogen and oxygen atoms in total. The van der Waals surface area contributed by atoms with Crippen molar-refractivity contribution in [2.75, 3.05) is 0 Å². The van der Waals surface area contributed by atoms with Crippen molar-refractivity contribution in [3.63, 3.8) is 0 Å². The quantitative estimate of drug-likeness (QED) is 0.854. The highest BCUT2D eigenvalue weighted by Gasteiger charge is 2.10. The number of nitriles is 1. The van der Waals surface area contributed by atoms with Gasteiger partial charge in [0.25, 0.3) is 10.1 Å². The van der Waals surface area contributed by atoms with Gasteiger partial charge in [0.2, 0.25) is 0 Å². The molecule has 0 spiro atoms. The molecule has 0 aliphatic heterocycles. The molecular formula is C13H8BrNO4S. The number of hydrogen-bond donors (Lipinski definition) is 1. The first-order chi connectivity index (χ1) is 9.40. The molecule has 2 aromatic carbocycles. The molecule has 1 N–H and O–H groups in total. The van der Waals surface area contributed by atoms with E-state index in [2.05, 4.69) is 15.9 Å². The minimum atomic E-state index is -4.23. The number of ether oxygens (including phenoxy) is 1. The summed E-state index contributed by atoms with van der Waals surface area (Å²) in [7, 11) is -4.23. The van der Waals surface area contributed by atoms with Crippen LogP contribution in [0.2, 0.25) is 0 Å². The maximum atomic E-state index is 10.9. The molecule has 0 aliphatic carbocycles. The van der Waals surface area contributed by atoms with E-state index < -0.39 is 10.1 Å². The molecule has 102 valence electrons. The number of rotatable bonds is 3. The van der Waals surface area contributed by atoms with Crippen LogP contribution in [0.3, 0.4) is 0 Å². The molecule has 7 heteroatoms. The Balaban J connectivity index is 2.32. The summed E-state index contributed by atoms with van der Waals surface area (Å²) >= 11 is 3.27. The van der Waals surface area contributed by atoms with Crippen molar-refractivity contribution < 1.29 is 17.7 Å². The fraction of sp³-hybridized carbons (Fsp3) is 0. The van der Waals surface area contributed by atoms with Crippen molar-refractivity contribution >= 4 is 26.0 Å². The number of hydrogen-bond acceptors (Lipinski definition) is 4. The predicted octanol–water partition coefficient (Wildman–Crippen LogP) is 3.36. The van der Waals surface area contributed by atoms with Crippen molar-refractivity contribution in [2.24, 2.45) is 0 Å². The van der Waals surface area contributed by atoms with Crippen LogP contribution >= 0.6 is 15.9 Å². The number of halogens is 1. The standard InChI is InChI=1S/C13H8BrNO4S/c14-10-2-1-9(8-15)13(7-10)19-11-3-5-12(6-4-11)20(16,17)18/h1-7H,(H,16,17,18). The highest BCUT2D eigenvalue weighted by Crippen LogP contribution is 2.28. The van der Waals surface area contributed by atoms with Crippen LogP contribution in [0.5, 0.6) is 11.5 Å². The maximum Gasteiger partial charge on any atom is 0.294 e. The van der Waals surface area contributed by atoms with Crippen LogP contribution in [0, 0.1) is 11.3 Å². The van der Waals surface area contributed by atoms with Crippen LogP contribution in [0.25, 0.3) is 0 Å². The van der Waals surface area contributed by atoms with Gasteiger partial charge >= 0.3 is 0 Å². The Morgan fingerprint density at radius 2 is 1.80 bits per heavy atom. The molecule has 0 aliphatic rings. The Morgan fingerprint density at radius 3 is 2.35 bits per heavy atom. The van der Waals surface area contributed by atoms with Gasteiger partial charge in [-0.05, 0) is 42.5 Å². The van der Waals surface area contributed by atoms with Crippen LogP contribution < -0.4 is 4.74 Å². The molecule has 0 amide bonds. The lowest BCUT2D eigenvalue weighted by Crippen LogP contribution is -1.97. The molecule has 20 heavy (non-hydrogen) atoms. The van der Waals surface area contributed by atoms with Crippen LogP contribution in [0.4, 0.5) is 0 Å². The van der Waals surface area contributed by atoms with Crippen molar-refractivity contribution in [3.05, 3.63) is 52.5 Å². The van der Waals surface area contributed by atoms with E-state index in [1.807, 2.05) is 6.07 Å². The van der Waals surface area contributed by atoms with Crippen molar-refractivity contribution in [1.82, 2.24) is 0 Å². The average molecular weight is 354 g/mol. The predicted molar refractivity (Wildman–Crippen MR) is 75.2 cm³/mol. The third-order valence-electron chi connectivity index (χ3n) is 2.41. The lowest BCUT2D eigenvalue weighted by atomic mass is 10.2. The Labute approximate surface area is 124 Å². The lowest BCUT2D eigenvalue weighted by molar-refractivity contribution is 0.477. The fourth-order valence-electron chi connectivity index (χ4n) is 1.48. The molecule has 0 saturated carbocycles. The largest absolute Gasteiger partial charge is 0.456 e. The van der Waals surface area contributed by atoms with Gasteiger partial charge in [0.15, 0.2) is 0 Å². The van der Waals surface area contributed by atoms with Crippen molar-refractivity contribution in [1.29, 1.82) is 5.26 Å². The summed E-state index contributed by atoms with van der Waals surface area (Å²) in [6.45, 7) is 0. The molecular weight excluding hydrogens is 346 g/mol. The Morgan fingerprint density at radius 1 is 1.15 bits per heavy atom. The smallest absolute Gasteiger partial charge is 0.294 e. The van der Waals surface area contributed by atoms with Gasteiger partial charge in [0, 0.05) is 4.47 Å². The second-order valence-electron chi connectivity index (χ2n) is 3.80. The second-order valence-corrected chi connectivity index (χ2v) is 6.14. The molecule has 2 aromatic rings. The third-order valence-corrected chi connectivity index (χ3v) is 3.77. The molecule has 0 radical (unpaired) electrons.